The fraction of sp³-hybridized carbons (Fsp3) is 0.462. The zero-order chi connectivity index (χ0) is 15.3. The van der Waals surface area contributed by atoms with Crippen LogP contribution in [-0.4, -0.2) is 33.2 Å². The van der Waals surface area contributed by atoms with E-state index >= 15 is 0 Å². The molecule has 0 unspecified atom stereocenters. The average Bonchev–Trinajstić information content (AvgIpc) is 2.29. The minimum Gasteiger partial charge on any atom is -0.354 e. The number of nitrogens with zero attached hydrogens (tertiary/aromatic N) is 1. The molecule has 5 nitrogen and oxygen atoms in total. The van der Waals surface area contributed by atoms with Crippen LogP contribution in [0, 0.1) is 0 Å². The third kappa shape index (κ3) is 5.38. The summed E-state index contributed by atoms with van der Waals surface area (Å²) in [5.41, 5.74) is 0.495. The summed E-state index contributed by atoms with van der Waals surface area (Å²) in [5.74, 6) is -0.178. The van der Waals surface area contributed by atoms with Crippen LogP contribution < -0.4 is 9.62 Å². The summed E-state index contributed by atoms with van der Waals surface area (Å²) >= 11 is 5.78. The second-order valence-corrected chi connectivity index (χ2v) is 7.13. The molecule has 112 valence electrons. The Morgan fingerprint density at radius 3 is 2.30 bits per heavy atom. The molecule has 0 aliphatic heterocycles. The Labute approximate surface area is 125 Å². The minimum absolute atomic E-state index is 0.0321. The van der Waals surface area contributed by atoms with Gasteiger partial charge in [0.25, 0.3) is 0 Å². The van der Waals surface area contributed by atoms with Gasteiger partial charge in [-0.05, 0) is 38.1 Å². The molecule has 0 spiro atoms. The third-order valence-electron chi connectivity index (χ3n) is 2.51. The van der Waals surface area contributed by atoms with Crippen LogP contribution in [0.2, 0.25) is 5.02 Å². The smallest absolute Gasteiger partial charge is 0.232 e. The maximum absolute atomic E-state index is 11.8. The van der Waals surface area contributed by atoms with Crippen LogP contribution in [0.3, 0.4) is 0 Å². The number of benzene rings is 1. The summed E-state index contributed by atoms with van der Waals surface area (Å²) in [6, 6.07) is 6.49. The Hall–Kier alpha value is -1.27. The second-order valence-electron chi connectivity index (χ2n) is 4.78. The molecule has 0 saturated heterocycles. The third-order valence-corrected chi connectivity index (χ3v) is 3.95. The largest absolute Gasteiger partial charge is 0.354 e. The number of anilines is 1. The van der Waals surface area contributed by atoms with E-state index in [0.717, 1.165) is 6.26 Å². The van der Waals surface area contributed by atoms with Crippen molar-refractivity contribution in [3.8, 4) is 0 Å². The van der Waals surface area contributed by atoms with Gasteiger partial charge in [-0.1, -0.05) is 11.6 Å². The van der Waals surface area contributed by atoms with Crippen LogP contribution in [0.25, 0.3) is 0 Å². The van der Waals surface area contributed by atoms with Crippen molar-refractivity contribution in [1.29, 1.82) is 0 Å². The van der Waals surface area contributed by atoms with Crippen molar-refractivity contribution in [2.45, 2.75) is 26.3 Å². The van der Waals surface area contributed by atoms with Gasteiger partial charge >= 0.3 is 0 Å². The van der Waals surface area contributed by atoms with Gasteiger partial charge in [0, 0.05) is 24.0 Å². The molecule has 0 aliphatic carbocycles. The molecule has 0 saturated carbocycles. The molecule has 0 heterocycles. The lowest BCUT2D eigenvalue weighted by Crippen LogP contribution is -2.36. The van der Waals surface area contributed by atoms with Crippen molar-refractivity contribution in [3.05, 3.63) is 29.3 Å². The molecule has 1 N–H and O–H groups in total. The van der Waals surface area contributed by atoms with Crippen molar-refractivity contribution in [1.82, 2.24) is 5.32 Å². The topological polar surface area (TPSA) is 66.5 Å². The van der Waals surface area contributed by atoms with E-state index in [4.69, 9.17) is 11.6 Å². The lowest BCUT2D eigenvalue weighted by Gasteiger charge is -2.22. The van der Waals surface area contributed by atoms with Gasteiger partial charge in [-0.3, -0.25) is 9.10 Å². The Balaban J connectivity index is 2.82. The maximum Gasteiger partial charge on any atom is 0.232 e. The van der Waals surface area contributed by atoms with Crippen LogP contribution in [0.15, 0.2) is 24.3 Å². The summed E-state index contributed by atoms with van der Waals surface area (Å²) in [6.07, 6.45) is 1.22. The normalized spacial score (nSPS) is 11.4. The first-order chi connectivity index (χ1) is 9.20. The van der Waals surface area contributed by atoms with Gasteiger partial charge in [0.05, 0.1) is 11.9 Å². The van der Waals surface area contributed by atoms with Gasteiger partial charge in [-0.25, -0.2) is 8.42 Å². The van der Waals surface area contributed by atoms with Gasteiger partial charge in [-0.2, -0.15) is 0 Å². The summed E-state index contributed by atoms with van der Waals surface area (Å²) in [4.78, 5) is 11.6. The van der Waals surface area contributed by atoms with E-state index in [1.54, 1.807) is 24.3 Å². The first-order valence-electron chi connectivity index (χ1n) is 6.23. The van der Waals surface area contributed by atoms with Crippen LogP contribution in [-0.2, 0) is 14.8 Å². The summed E-state index contributed by atoms with van der Waals surface area (Å²) in [7, 11) is -3.44. The Morgan fingerprint density at radius 1 is 1.30 bits per heavy atom. The molecule has 1 amide bonds. The van der Waals surface area contributed by atoms with Gasteiger partial charge < -0.3 is 5.32 Å². The Bertz CT molecular complexity index is 555. The quantitative estimate of drug-likeness (QED) is 0.872. The van der Waals surface area contributed by atoms with Gasteiger partial charge in [0.15, 0.2) is 0 Å². The van der Waals surface area contributed by atoms with E-state index in [1.165, 1.54) is 4.31 Å². The van der Waals surface area contributed by atoms with Crippen molar-refractivity contribution < 1.29 is 13.2 Å². The number of amides is 1. The molecule has 1 rings (SSSR count). The van der Waals surface area contributed by atoms with Crippen LogP contribution in [0.5, 0.6) is 0 Å². The fourth-order valence-corrected chi connectivity index (χ4v) is 2.74. The van der Waals surface area contributed by atoms with E-state index in [0.29, 0.717) is 10.7 Å². The number of sulfonamides is 1. The van der Waals surface area contributed by atoms with E-state index in [9.17, 15) is 13.2 Å². The number of rotatable bonds is 6. The highest BCUT2D eigenvalue weighted by Crippen LogP contribution is 2.20. The Kier molecular flexibility index (Phi) is 5.83. The number of halogens is 1. The van der Waals surface area contributed by atoms with Crippen LogP contribution in [0.4, 0.5) is 5.69 Å². The molecular weight excluding hydrogens is 300 g/mol. The lowest BCUT2D eigenvalue weighted by molar-refractivity contribution is -0.121. The van der Waals surface area contributed by atoms with E-state index < -0.39 is 10.0 Å². The number of hydrogen-bond acceptors (Lipinski definition) is 3. The van der Waals surface area contributed by atoms with Gasteiger partial charge in [0.1, 0.15) is 0 Å². The number of nitrogens with one attached hydrogen (secondary N) is 1. The van der Waals surface area contributed by atoms with Crippen molar-refractivity contribution in [2.75, 3.05) is 17.1 Å². The molecule has 7 heteroatoms. The van der Waals surface area contributed by atoms with Crippen LogP contribution >= 0.6 is 11.6 Å². The molecular formula is C13H19ClN2O3S. The maximum atomic E-state index is 11.8. The molecule has 1 aromatic rings. The minimum atomic E-state index is -3.44. The number of carbonyl (C=O) groups is 1. The second kappa shape index (κ2) is 6.95. The predicted octanol–water partition coefficient (Wildman–Crippen LogP) is 2.02. The first kappa shape index (κ1) is 16.8. The predicted molar refractivity (Wildman–Crippen MR) is 81.5 cm³/mol. The zero-order valence-electron chi connectivity index (χ0n) is 11.8. The average molecular weight is 319 g/mol. The SMILES string of the molecule is CC(C)NC(=O)CCN(c1ccc(Cl)cc1)S(C)(=O)=O. The molecule has 0 fully saturated rings. The van der Waals surface area contributed by atoms with E-state index in [1.807, 2.05) is 13.8 Å². The standard InChI is InChI=1S/C13H19ClN2O3S/c1-10(2)15-13(17)8-9-16(20(3,18)19)12-6-4-11(14)5-7-12/h4-7,10H,8-9H2,1-3H3,(H,15,17). The highest BCUT2D eigenvalue weighted by Gasteiger charge is 2.18. The molecule has 1 aromatic carbocycles. The lowest BCUT2D eigenvalue weighted by atomic mass is 10.3. The zero-order valence-corrected chi connectivity index (χ0v) is 13.3. The highest BCUT2D eigenvalue weighted by molar-refractivity contribution is 7.92. The number of carbonyl (C=O) groups excluding carboxylic acids is 1. The molecule has 0 bridgehead atoms. The monoisotopic (exact) mass is 318 g/mol. The molecule has 0 aliphatic rings. The van der Waals surface area contributed by atoms with E-state index in [2.05, 4.69) is 5.32 Å². The summed E-state index contributed by atoms with van der Waals surface area (Å²) in [5, 5.41) is 3.26. The molecule has 0 atom stereocenters. The van der Waals surface area contributed by atoms with Crippen molar-refractivity contribution >= 4 is 33.2 Å². The van der Waals surface area contributed by atoms with Gasteiger partial charge in [0.2, 0.25) is 15.9 Å². The first-order valence-corrected chi connectivity index (χ1v) is 8.45. The van der Waals surface area contributed by atoms with Crippen molar-refractivity contribution in [3.63, 3.8) is 0 Å². The fourth-order valence-electron chi connectivity index (χ4n) is 1.69. The van der Waals surface area contributed by atoms with Crippen LogP contribution in [0.1, 0.15) is 20.3 Å². The highest BCUT2D eigenvalue weighted by atomic mass is 35.5. The summed E-state index contributed by atoms with van der Waals surface area (Å²) < 4.78 is 24.8. The number of hydrogen-bond donors (Lipinski definition) is 1. The molecule has 20 heavy (non-hydrogen) atoms. The molecule has 0 radical (unpaired) electrons. The van der Waals surface area contributed by atoms with Crippen molar-refractivity contribution in [2.24, 2.45) is 0 Å². The van der Waals surface area contributed by atoms with E-state index in [-0.39, 0.29) is 24.9 Å². The Morgan fingerprint density at radius 2 is 1.85 bits per heavy atom. The molecule has 0 aromatic heterocycles. The van der Waals surface area contributed by atoms with Gasteiger partial charge in [-0.15, -0.1) is 0 Å². The summed E-state index contributed by atoms with van der Waals surface area (Å²) in [6.45, 7) is 3.80.